The van der Waals surface area contributed by atoms with E-state index >= 15 is 0 Å². The van der Waals surface area contributed by atoms with E-state index in [-0.39, 0.29) is 17.1 Å². The van der Waals surface area contributed by atoms with Gasteiger partial charge in [-0.3, -0.25) is 9.48 Å². The van der Waals surface area contributed by atoms with Crippen molar-refractivity contribution in [2.45, 2.75) is 6.92 Å². The maximum atomic E-state index is 12.0. The number of nitrogens with zero attached hydrogens (tertiary/aromatic N) is 2. The van der Waals surface area contributed by atoms with Crippen LogP contribution in [0, 0.1) is 6.92 Å². The summed E-state index contributed by atoms with van der Waals surface area (Å²) in [5.74, 6) is -0.523. The van der Waals surface area contributed by atoms with Gasteiger partial charge < -0.3 is 21.3 Å². The van der Waals surface area contributed by atoms with E-state index in [1.54, 1.807) is 14.0 Å². The van der Waals surface area contributed by atoms with Crippen LogP contribution in [-0.2, 0) is 7.05 Å². The van der Waals surface area contributed by atoms with Crippen molar-refractivity contribution in [3.8, 4) is 11.5 Å². The van der Waals surface area contributed by atoms with E-state index in [2.05, 4.69) is 10.4 Å². The van der Waals surface area contributed by atoms with Crippen LogP contribution in [0.5, 0.6) is 11.5 Å². The number of amides is 1. The number of phenols is 2. The summed E-state index contributed by atoms with van der Waals surface area (Å²) in [5.41, 5.74) is 6.90. The van der Waals surface area contributed by atoms with Crippen molar-refractivity contribution in [3.63, 3.8) is 0 Å². The van der Waals surface area contributed by atoms with E-state index in [0.717, 1.165) is 6.07 Å². The van der Waals surface area contributed by atoms with E-state index in [0.29, 0.717) is 17.2 Å². The number of aryl methyl sites for hydroxylation is 2. The molecule has 0 aliphatic rings. The van der Waals surface area contributed by atoms with E-state index in [1.165, 1.54) is 16.8 Å². The average molecular weight is 262 g/mol. The Kier molecular flexibility index (Phi) is 3.04. The molecule has 5 N–H and O–H groups in total. The molecule has 19 heavy (non-hydrogen) atoms. The molecule has 1 aromatic heterocycles. The third-order valence-corrected chi connectivity index (χ3v) is 2.67. The molecule has 0 fully saturated rings. The number of nitrogens with two attached hydrogens (primary N) is 1. The Hall–Kier alpha value is -2.70. The molecule has 7 nitrogen and oxygen atoms in total. The van der Waals surface area contributed by atoms with Crippen molar-refractivity contribution in [3.05, 3.63) is 29.5 Å². The minimum absolute atomic E-state index is 0.121. The van der Waals surface area contributed by atoms with Gasteiger partial charge in [-0.2, -0.15) is 5.10 Å². The minimum atomic E-state index is -0.499. The van der Waals surface area contributed by atoms with Gasteiger partial charge in [-0.05, 0) is 19.1 Å². The summed E-state index contributed by atoms with van der Waals surface area (Å²) in [5, 5.41) is 25.3. The summed E-state index contributed by atoms with van der Waals surface area (Å²) in [6.07, 6.45) is 0. The molecule has 0 aliphatic heterocycles. The third-order valence-electron chi connectivity index (χ3n) is 2.67. The monoisotopic (exact) mass is 262 g/mol. The number of aromatic nitrogens is 2. The van der Waals surface area contributed by atoms with Crippen molar-refractivity contribution >= 4 is 17.4 Å². The second kappa shape index (κ2) is 4.52. The number of nitrogens with one attached hydrogen (secondary N) is 1. The number of phenolic OH excluding ortho intramolecular Hbond substituents is 2. The molecule has 100 valence electrons. The fourth-order valence-electron chi connectivity index (χ4n) is 1.73. The molecular formula is C12H14N4O3. The van der Waals surface area contributed by atoms with Crippen LogP contribution in [0.3, 0.4) is 0 Å². The van der Waals surface area contributed by atoms with E-state index in [9.17, 15) is 15.0 Å². The summed E-state index contributed by atoms with van der Waals surface area (Å²) < 4.78 is 1.45. The first-order valence-electron chi connectivity index (χ1n) is 5.52. The van der Waals surface area contributed by atoms with Gasteiger partial charge >= 0.3 is 0 Å². The Morgan fingerprint density at radius 2 is 1.89 bits per heavy atom. The summed E-state index contributed by atoms with van der Waals surface area (Å²) in [4.78, 5) is 12.0. The Bertz CT molecular complexity index is 628. The number of aromatic hydroxyl groups is 2. The lowest BCUT2D eigenvalue weighted by molar-refractivity contribution is 0.102. The molecule has 1 aromatic carbocycles. The van der Waals surface area contributed by atoms with Gasteiger partial charge in [0, 0.05) is 18.7 Å². The van der Waals surface area contributed by atoms with Crippen molar-refractivity contribution in [1.29, 1.82) is 0 Å². The molecule has 0 spiro atoms. The summed E-state index contributed by atoms with van der Waals surface area (Å²) in [6, 6.07) is 3.63. The lowest BCUT2D eigenvalue weighted by Gasteiger charge is -2.07. The summed E-state index contributed by atoms with van der Waals surface area (Å²) in [6.45, 7) is 1.73. The first kappa shape index (κ1) is 12.7. The fraction of sp³-hybridized carbons (Fsp3) is 0.167. The third kappa shape index (κ3) is 2.44. The molecule has 7 heteroatoms. The first-order chi connectivity index (χ1) is 8.88. The number of anilines is 2. The molecule has 2 aromatic rings. The fourth-order valence-corrected chi connectivity index (χ4v) is 1.73. The lowest BCUT2D eigenvalue weighted by Crippen LogP contribution is -2.15. The van der Waals surface area contributed by atoms with Crippen LogP contribution in [0.25, 0.3) is 0 Å². The van der Waals surface area contributed by atoms with Gasteiger partial charge in [0.15, 0.2) is 5.82 Å². The highest BCUT2D eigenvalue weighted by Gasteiger charge is 2.15. The van der Waals surface area contributed by atoms with Crippen LogP contribution in [0.4, 0.5) is 11.5 Å². The molecule has 0 unspecified atom stereocenters. The smallest absolute Gasteiger partial charge is 0.257 e. The normalized spacial score (nSPS) is 10.4. The number of rotatable bonds is 2. The van der Waals surface area contributed by atoms with Gasteiger partial charge in [0.2, 0.25) is 0 Å². The molecule has 0 saturated heterocycles. The van der Waals surface area contributed by atoms with E-state index in [4.69, 9.17) is 5.73 Å². The largest absolute Gasteiger partial charge is 0.508 e. The highest BCUT2D eigenvalue weighted by atomic mass is 16.3. The molecule has 0 atom stereocenters. The summed E-state index contributed by atoms with van der Waals surface area (Å²) >= 11 is 0. The topological polar surface area (TPSA) is 113 Å². The molecule has 2 rings (SSSR count). The van der Waals surface area contributed by atoms with Gasteiger partial charge in [-0.1, -0.05) is 0 Å². The number of carbonyl (C=O) groups excluding carboxylic acids is 1. The molecular weight excluding hydrogens is 248 g/mol. The van der Waals surface area contributed by atoms with Crippen LogP contribution in [0.15, 0.2) is 18.2 Å². The molecule has 1 heterocycles. The number of hydrogen-bond donors (Lipinski definition) is 4. The Balaban J connectivity index is 2.30. The predicted octanol–water partition coefficient (Wildman–Crippen LogP) is 0.974. The predicted molar refractivity (Wildman–Crippen MR) is 70.1 cm³/mol. The highest BCUT2D eigenvalue weighted by molar-refractivity contribution is 6.05. The number of nitrogen functional groups attached to an aromatic ring is 1. The highest BCUT2D eigenvalue weighted by Crippen LogP contribution is 2.24. The molecule has 0 radical (unpaired) electrons. The van der Waals surface area contributed by atoms with Crippen LogP contribution in [0.2, 0.25) is 0 Å². The zero-order valence-electron chi connectivity index (χ0n) is 10.5. The molecule has 0 aliphatic carbocycles. The van der Waals surface area contributed by atoms with Crippen molar-refractivity contribution in [2.24, 2.45) is 7.05 Å². The maximum Gasteiger partial charge on any atom is 0.257 e. The van der Waals surface area contributed by atoms with Crippen LogP contribution < -0.4 is 11.1 Å². The van der Waals surface area contributed by atoms with Gasteiger partial charge in [0.25, 0.3) is 5.91 Å². The molecule has 0 bridgehead atoms. The minimum Gasteiger partial charge on any atom is -0.508 e. The average Bonchev–Trinajstić information content (AvgIpc) is 2.54. The number of carbonyl (C=O) groups is 1. The van der Waals surface area contributed by atoms with E-state index < -0.39 is 5.91 Å². The summed E-state index contributed by atoms with van der Waals surface area (Å²) in [7, 11) is 1.65. The van der Waals surface area contributed by atoms with Crippen molar-refractivity contribution < 1.29 is 15.0 Å². The van der Waals surface area contributed by atoms with Gasteiger partial charge in [-0.25, -0.2) is 0 Å². The molecule has 0 saturated carbocycles. The van der Waals surface area contributed by atoms with Crippen LogP contribution in [-0.4, -0.2) is 25.9 Å². The van der Waals surface area contributed by atoms with Crippen LogP contribution in [0.1, 0.15) is 16.1 Å². The maximum absolute atomic E-state index is 12.0. The van der Waals surface area contributed by atoms with Gasteiger partial charge in [0.05, 0.1) is 11.4 Å². The van der Waals surface area contributed by atoms with Gasteiger partial charge in [0.1, 0.15) is 11.5 Å². The quantitative estimate of drug-likeness (QED) is 0.644. The zero-order valence-corrected chi connectivity index (χ0v) is 10.5. The number of hydrogen-bond acceptors (Lipinski definition) is 5. The first-order valence-corrected chi connectivity index (χ1v) is 5.52. The van der Waals surface area contributed by atoms with Crippen molar-refractivity contribution in [1.82, 2.24) is 9.78 Å². The molecule has 1 amide bonds. The Morgan fingerprint density at radius 3 is 2.37 bits per heavy atom. The Morgan fingerprint density at radius 1 is 1.32 bits per heavy atom. The van der Waals surface area contributed by atoms with Gasteiger partial charge in [-0.15, -0.1) is 0 Å². The lowest BCUT2D eigenvalue weighted by atomic mass is 10.2. The SMILES string of the molecule is Cc1nn(C)c(NC(=O)c2cc(O)cc(O)c2)c1N. The second-order valence-electron chi connectivity index (χ2n) is 4.16. The zero-order chi connectivity index (χ0) is 14.2. The second-order valence-corrected chi connectivity index (χ2v) is 4.16. The van der Waals surface area contributed by atoms with E-state index in [1.807, 2.05) is 0 Å². The Labute approximate surface area is 109 Å². The van der Waals surface area contributed by atoms with Crippen molar-refractivity contribution in [2.75, 3.05) is 11.1 Å². The van der Waals surface area contributed by atoms with Crippen LogP contribution >= 0.6 is 0 Å². The number of benzene rings is 1. The standard InChI is InChI=1S/C12H14N4O3/c1-6-10(13)11(16(2)15-6)14-12(19)7-3-8(17)5-9(18)4-7/h3-5,17-18H,13H2,1-2H3,(H,14,19).